The van der Waals surface area contributed by atoms with E-state index < -0.39 is 0 Å². The van der Waals surface area contributed by atoms with Gasteiger partial charge in [-0.05, 0) is 55.8 Å². The third kappa shape index (κ3) is 7.85. The Labute approximate surface area is 216 Å². The number of hydrogen-bond acceptors (Lipinski definition) is 5. The molecule has 3 aromatic rings. The van der Waals surface area contributed by atoms with Gasteiger partial charge >= 0.3 is 0 Å². The Morgan fingerprint density at radius 1 is 0.861 bits per heavy atom. The second kappa shape index (κ2) is 13.7. The molecule has 1 saturated carbocycles. The van der Waals surface area contributed by atoms with Gasteiger partial charge < -0.3 is 20.7 Å². The second-order valence-electron chi connectivity index (χ2n) is 9.66. The quantitative estimate of drug-likeness (QED) is 0.329. The summed E-state index contributed by atoms with van der Waals surface area (Å²) >= 11 is 0. The zero-order chi connectivity index (χ0) is 25.0. The molecule has 1 unspecified atom stereocenters. The van der Waals surface area contributed by atoms with Crippen LogP contribution >= 0.6 is 0 Å². The maximum Gasteiger partial charge on any atom is 0.196 e. The van der Waals surface area contributed by atoms with Gasteiger partial charge in [-0.25, -0.2) is 4.99 Å². The van der Waals surface area contributed by atoms with E-state index in [9.17, 15) is 0 Å². The molecule has 5 nitrogen and oxygen atoms in total. The van der Waals surface area contributed by atoms with Gasteiger partial charge in [0, 0.05) is 24.7 Å². The van der Waals surface area contributed by atoms with Crippen molar-refractivity contribution >= 4 is 11.6 Å². The number of nitrogens with zero attached hydrogens (tertiary/aromatic N) is 2. The zero-order valence-corrected chi connectivity index (χ0v) is 21.5. The van der Waals surface area contributed by atoms with E-state index in [4.69, 9.17) is 10.5 Å². The molecule has 2 aliphatic rings. The minimum Gasteiger partial charge on any atom is -0.457 e. The second-order valence-corrected chi connectivity index (χ2v) is 9.66. The van der Waals surface area contributed by atoms with Crippen molar-refractivity contribution in [2.24, 2.45) is 10.7 Å². The standard InChI is InChI=1S/C25H28N4O.C6H12/c1-19(20-9-4-2-5-10-20)27-15-8-16-29-18-21-17-23(13-14-24(21)28-25(29)26)30-22-11-6-3-7-12-22;1-2-4-6-5-3-1/h2-7,9-14,17,19,27H,8,15-16,18H2,1H3,(H2,26,28);1-6H2. The molecule has 0 bridgehead atoms. The summed E-state index contributed by atoms with van der Waals surface area (Å²) in [6, 6.07) is 26.6. The average Bonchev–Trinajstić information content (AvgIpc) is 2.93. The summed E-state index contributed by atoms with van der Waals surface area (Å²) in [5.74, 6) is 2.22. The number of hydrogen-bond donors (Lipinski definition) is 2. The molecule has 1 heterocycles. The Kier molecular flexibility index (Phi) is 9.80. The molecule has 190 valence electrons. The van der Waals surface area contributed by atoms with E-state index >= 15 is 0 Å². The first-order valence-corrected chi connectivity index (χ1v) is 13.4. The first kappa shape index (κ1) is 25.8. The normalized spacial score (nSPS) is 15.7. The molecular formula is C31H40N4O. The van der Waals surface area contributed by atoms with E-state index in [0.29, 0.717) is 12.0 Å². The smallest absolute Gasteiger partial charge is 0.196 e. The van der Waals surface area contributed by atoms with Crippen LogP contribution in [0.1, 0.15) is 69.0 Å². The fraction of sp³-hybridized carbons (Fsp3) is 0.387. The van der Waals surface area contributed by atoms with Gasteiger partial charge in [-0.2, -0.15) is 0 Å². The molecule has 0 amide bonds. The van der Waals surface area contributed by atoms with Crippen LogP contribution < -0.4 is 15.8 Å². The lowest BCUT2D eigenvalue weighted by Gasteiger charge is -2.28. The van der Waals surface area contributed by atoms with Crippen LogP contribution in [0.5, 0.6) is 11.5 Å². The van der Waals surface area contributed by atoms with Gasteiger partial charge in [-0.3, -0.25) is 0 Å². The fourth-order valence-electron chi connectivity index (χ4n) is 4.67. The number of nitrogens with two attached hydrogens (primary N) is 1. The van der Waals surface area contributed by atoms with Crippen molar-refractivity contribution in [3.05, 3.63) is 90.0 Å². The Bertz CT molecular complexity index is 1070. The van der Waals surface area contributed by atoms with Crippen molar-refractivity contribution in [2.45, 2.75) is 64.5 Å². The molecule has 36 heavy (non-hydrogen) atoms. The van der Waals surface area contributed by atoms with Gasteiger partial charge in [0.25, 0.3) is 0 Å². The summed E-state index contributed by atoms with van der Waals surface area (Å²) < 4.78 is 5.97. The number of fused-ring (bicyclic) bond motifs is 1. The highest BCUT2D eigenvalue weighted by atomic mass is 16.5. The van der Waals surface area contributed by atoms with E-state index in [2.05, 4.69) is 52.5 Å². The van der Waals surface area contributed by atoms with Gasteiger partial charge in [0.05, 0.1) is 5.69 Å². The third-order valence-corrected chi connectivity index (χ3v) is 6.80. The predicted octanol–water partition coefficient (Wildman–Crippen LogP) is 7.32. The van der Waals surface area contributed by atoms with Crippen molar-refractivity contribution in [1.29, 1.82) is 0 Å². The van der Waals surface area contributed by atoms with Crippen LogP contribution in [0.15, 0.2) is 83.9 Å². The molecule has 0 spiro atoms. The molecule has 5 rings (SSSR count). The number of rotatable bonds is 8. The van der Waals surface area contributed by atoms with Crippen LogP contribution in [0.4, 0.5) is 5.69 Å². The van der Waals surface area contributed by atoms with Crippen LogP contribution in [-0.4, -0.2) is 23.9 Å². The lowest BCUT2D eigenvalue weighted by atomic mass is 10.0. The third-order valence-electron chi connectivity index (χ3n) is 6.80. The summed E-state index contributed by atoms with van der Waals surface area (Å²) in [6.45, 7) is 4.71. The Balaban J connectivity index is 0.000000445. The maximum absolute atomic E-state index is 6.21. The summed E-state index contributed by atoms with van der Waals surface area (Å²) in [4.78, 5) is 6.71. The lowest BCUT2D eigenvalue weighted by molar-refractivity contribution is 0.384. The molecule has 1 aliphatic heterocycles. The van der Waals surface area contributed by atoms with E-state index in [-0.39, 0.29) is 0 Å². The van der Waals surface area contributed by atoms with Crippen LogP contribution in [-0.2, 0) is 6.54 Å². The molecule has 3 N–H and O–H groups in total. The van der Waals surface area contributed by atoms with Gasteiger partial charge in [0.1, 0.15) is 11.5 Å². The number of nitrogens with one attached hydrogen (secondary N) is 1. The fourth-order valence-corrected chi connectivity index (χ4v) is 4.67. The highest BCUT2D eigenvalue weighted by molar-refractivity contribution is 5.83. The number of benzene rings is 3. The highest BCUT2D eigenvalue weighted by Crippen LogP contribution is 2.31. The Hall–Kier alpha value is -3.31. The summed E-state index contributed by atoms with van der Waals surface area (Å²) in [7, 11) is 0. The molecule has 0 aromatic heterocycles. The number of guanidine groups is 1. The van der Waals surface area contributed by atoms with Gasteiger partial charge in [-0.15, -0.1) is 0 Å². The Morgan fingerprint density at radius 2 is 1.50 bits per heavy atom. The number of aliphatic imine (C=N–C) groups is 1. The van der Waals surface area contributed by atoms with E-state index in [1.165, 1.54) is 44.1 Å². The lowest BCUT2D eigenvalue weighted by Crippen LogP contribution is -2.40. The van der Waals surface area contributed by atoms with Crippen LogP contribution in [0, 0.1) is 0 Å². The minimum absolute atomic E-state index is 0.331. The van der Waals surface area contributed by atoms with Crippen LogP contribution in [0.2, 0.25) is 0 Å². The Morgan fingerprint density at radius 3 is 2.17 bits per heavy atom. The van der Waals surface area contributed by atoms with Crippen molar-refractivity contribution in [3.63, 3.8) is 0 Å². The number of para-hydroxylation sites is 1. The zero-order valence-electron chi connectivity index (χ0n) is 21.5. The molecule has 3 aromatic carbocycles. The molecule has 1 aliphatic carbocycles. The molecule has 1 atom stereocenters. The SMILES string of the molecule is C1CCCCC1.CC(NCCCN1Cc2cc(Oc3ccccc3)ccc2N=C1N)c1ccccc1. The summed E-state index contributed by atoms with van der Waals surface area (Å²) in [6.07, 6.45) is 9.99. The van der Waals surface area contributed by atoms with Crippen molar-refractivity contribution in [3.8, 4) is 11.5 Å². The summed E-state index contributed by atoms with van der Waals surface area (Å²) in [5.41, 5.74) is 9.56. The largest absolute Gasteiger partial charge is 0.457 e. The van der Waals surface area contributed by atoms with E-state index in [1.807, 2.05) is 48.5 Å². The van der Waals surface area contributed by atoms with Crippen molar-refractivity contribution < 1.29 is 4.74 Å². The van der Waals surface area contributed by atoms with Crippen molar-refractivity contribution in [1.82, 2.24) is 10.2 Å². The van der Waals surface area contributed by atoms with Gasteiger partial charge in [-0.1, -0.05) is 87.1 Å². The van der Waals surface area contributed by atoms with Crippen molar-refractivity contribution in [2.75, 3.05) is 13.1 Å². The molecule has 0 saturated heterocycles. The predicted molar refractivity (Wildman–Crippen MR) is 150 cm³/mol. The van der Waals surface area contributed by atoms with Crippen LogP contribution in [0.3, 0.4) is 0 Å². The first-order valence-electron chi connectivity index (χ1n) is 13.4. The van der Waals surface area contributed by atoms with Gasteiger partial charge in [0.15, 0.2) is 5.96 Å². The minimum atomic E-state index is 0.331. The number of ether oxygens (including phenoxy) is 1. The average molecular weight is 485 g/mol. The van der Waals surface area contributed by atoms with E-state index in [1.54, 1.807) is 0 Å². The van der Waals surface area contributed by atoms with E-state index in [0.717, 1.165) is 48.8 Å². The molecule has 0 radical (unpaired) electrons. The topological polar surface area (TPSA) is 62.9 Å². The molecular weight excluding hydrogens is 444 g/mol. The monoisotopic (exact) mass is 484 g/mol. The van der Waals surface area contributed by atoms with Crippen LogP contribution in [0.25, 0.3) is 0 Å². The molecule has 1 fully saturated rings. The van der Waals surface area contributed by atoms with Gasteiger partial charge in [0.2, 0.25) is 0 Å². The summed E-state index contributed by atoms with van der Waals surface area (Å²) in [5, 5.41) is 3.58. The highest BCUT2D eigenvalue weighted by Gasteiger charge is 2.18. The first-order chi connectivity index (χ1) is 17.7. The maximum atomic E-state index is 6.21. The molecule has 5 heteroatoms.